The number of hydrogen-bond acceptors (Lipinski definition) is 2. The van der Waals surface area contributed by atoms with E-state index in [4.69, 9.17) is 5.41 Å². The Morgan fingerprint density at radius 1 is 1.70 bits per heavy atom. The van der Waals surface area contributed by atoms with E-state index < -0.39 is 0 Å². The molecular formula is C8H10N2. The molecule has 10 heavy (non-hydrogen) atoms. The molecular weight excluding hydrogens is 124 g/mol. The van der Waals surface area contributed by atoms with Gasteiger partial charge in [0.1, 0.15) is 0 Å². The second-order valence-electron chi connectivity index (χ2n) is 2.17. The summed E-state index contributed by atoms with van der Waals surface area (Å²) in [6, 6.07) is 0. The number of hydrogen-bond donors (Lipinski definition) is 1. The van der Waals surface area contributed by atoms with Crippen molar-refractivity contribution in [2.24, 2.45) is 4.99 Å². The van der Waals surface area contributed by atoms with Gasteiger partial charge in [0.05, 0.1) is 6.54 Å². The zero-order valence-corrected chi connectivity index (χ0v) is 5.96. The second kappa shape index (κ2) is 3.11. The molecule has 1 N–H and O–H groups in total. The monoisotopic (exact) mass is 134 g/mol. The molecule has 2 heteroatoms. The normalized spacial score (nSPS) is 16.3. The molecule has 52 valence electrons. The highest BCUT2D eigenvalue weighted by Crippen LogP contribution is 1.97. The molecule has 0 unspecified atom stereocenters. The van der Waals surface area contributed by atoms with Crippen LogP contribution in [0.15, 0.2) is 28.8 Å². The summed E-state index contributed by atoms with van der Waals surface area (Å²) in [5, 5.41) is 7.29. The Labute approximate surface area is 60.5 Å². The van der Waals surface area contributed by atoms with Gasteiger partial charge in [-0.25, -0.2) is 0 Å². The smallest absolute Gasteiger partial charge is 0.0573 e. The van der Waals surface area contributed by atoms with Gasteiger partial charge in [0.25, 0.3) is 0 Å². The molecule has 0 aromatic carbocycles. The first-order chi connectivity index (χ1) is 4.80. The van der Waals surface area contributed by atoms with Crippen molar-refractivity contribution in [1.82, 2.24) is 0 Å². The van der Waals surface area contributed by atoms with Crippen molar-refractivity contribution in [3.05, 3.63) is 23.8 Å². The molecule has 0 fully saturated rings. The molecule has 0 aromatic heterocycles. The summed E-state index contributed by atoms with van der Waals surface area (Å²) in [6.45, 7) is 2.49. The van der Waals surface area contributed by atoms with Crippen molar-refractivity contribution in [2.75, 3.05) is 6.54 Å². The van der Waals surface area contributed by atoms with E-state index in [1.807, 2.05) is 18.2 Å². The van der Waals surface area contributed by atoms with Crippen LogP contribution in [0.1, 0.15) is 6.92 Å². The van der Waals surface area contributed by atoms with Crippen molar-refractivity contribution in [2.45, 2.75) is 6.92 Å². The summed E-state index contributed by atoms with van der Waals surface area (Å²) in [5.41, 5.74) is 1.46. The van der Waals surface area contributed by atoms with Gasteiger partial charge in [0, 0.05) is 17.5 Å². The SMILES string of the molecule is CC(=N)C1=CC=CCN=C1. The van der Waals surface area contributed by atoms with Gasteiger partial charge in [-0.3, -0.25) is 4.99 Å². The topological polar surface area (TPSA) is 36.2 Å². The van der Waals surface area contributed by atoms with E-state index in [1.54, 1.807) is 13.1 Å². The maximum absolute atomic E-state index is 7.29. The standard InChI is InChI=1S/C8H10N2/c1-7(9)8-4-2-3-5-10-6-8/h2-4,6,9H,5H2,1H3. The van der Waals surface area contributed by atoms with Gasteiger partial charge >= 0.3 is 0 Å². The van der Waals surface area contributed by atoms with Gasteiger partial charge in [-0.2, -0.15) is 0 Å². The quantitative estimate of drug-likeness (QED) is 0.529. The van der Waals surface area contributed by atoms with Crippen LogP contribution in [-0.4, -0.2) is 18.5 Å². The first-order valence-electron chi connectivity index (χ1n) is 3.23. The Bertz CT molecular complexity index is 221. The summed E-state index contributed by atoms with van der Waals surface area (Å²) in [6.07, 6.45) is 7.54. The van der Waals surface area contributed by atoms with E-state index >= 15 is 0 Å². The molecule has 0 aliphatic carbocycles. The van der Waals surface area contributed by atoms with Crippen LogP contribution in [0, 0.1) is 5.41 Å². The molecule has 0 atom stereocenters. The van der Waals surface area contributed by atoms with Gasteiger partial charge < -0.3 is 5.41 Å². The van der Waals surface area contributed by atoms with Gasteiger partial charge in [-0.05, 0) is 6.92 Å². The van der Waals surface area contributed by atoms with E-state index in [2.05, 4.69) is 4.99 Å². The molecule has 0 aromatic rings. The fourth-order valence-corrected chi connectivity index (χ4v) is 0.709. The molecule has 0 radical (unpaired) electrons. The number of allylic oxidation sites excluding steroid dienone is 3. The number of nitrogens with one attached hydrogen (secondary N) is 1. The highest BCUT2D eigenvalue weighted by molar-refractivity contribution is 6.13. The third-order valence-electron chi connectivity index (χ3n) is 1.29. The fourth-order valence-electron chi connectivity index (χ4n) is 0.709. The predicted molar refractivity (Wildman–Crippen MR) is 44.0 cm³/mol. The van der Waals surface area contributed by atoms with E-state index in [0.717, 1.165) is 12.1 Å². The van der Waals surface area contributed by atoms with Crippen molar-refractivity contribution in [3.8, 4) is 0 Å². The first kappa shape index (κ1) is 6.93. The minimum Gasteiger partial charge on any atom is -0.305 e. The third-order valence-corrected chi connectivity index (χ3v) is 1.29. The van der Waals surface area contributed by atoms with E-state index in [9.17, 15) is 0 Å². The van der Waals surface area contributed by atoms with Crippen LogP contribution in [-0.2, 0) is 0 Å². The lowest BCUT2D eigenvalue weighted by Gasteiger charge is -1.92. The molecule has 0 saturated carbocycles. The Kier molecular flexibility index (Phi) is 2.15. The third kappa shape index (κ3) is 1.65. The van der Waals surface area contributed by atoms with E-state index in [0.29, 0.717) is 5.71 Å². The maximum atomic E-state index is 7.29. The summed E-state index contributed by atoms with van der Waals surface area (Å²) in [4.78, 5) is 4.05. The average molecular weight is 134 g/mol. The Morgan fingerprint density at radius 3 is 3.20 bits per heavy atom. The summed E-state index contributed by atoms with van der Waals surface area (Å²) < 4.78 is 0. The number of nitrogens with zero attached hydrogens (tertiary/aromatic N) is 1. The lowest BCUT2D eigenvalue weighted by molar-refractivity contribution is 1.26. The predicted octanol–water partition coefficient (Wildman–Crippen LogP) is 1.59. The largest absolute Gasteiger partial charge is 0.305 e. The zero-order chi connectivity index (χ0) is 7.40. The second-order valence-corrected chi connectivity index (χ2v) is 2.17. The average Bonchev–Trinajstić information content (AvgIpc) is 2.12. The summed E-state index contributed by atoms with van der Waals surface area (Å²) in [5.74, 6) is 0. The van der Waals surface area contributed by atoms with Crippen LogP contribution >= 0.6 is 0 Å². The lowest BCUT2D eigenvalue weighted by Crippen LogP contribution is -1.95. The van der Waals surface area contributed by atoms with Crippen molar-refractivity contribution in [1.29, 1.82) is 5.41 Å². The minimum atomic E-state index is 0.565. The molecule has 1 rings (SSSR count). The lowest BCUT2D eigenvalue weighted by atomic mass is 10.2. The van der Waals surface area contributed by atoms with Gasteiger partial charge in [-0.1, -0.05) is 18.2 Å². The highest BCUT2D eigenvalue weighted by atomic mass is 14.7. The highest BCUT2D eigenvalue weighted by Gasteiger charge is 1.94. The van der Waals surface area contributed by atoms with Crippen LogP contribution in [0.4, 0.5) is 0 Å². The molecule has 0 bridgehead atoms. The first-order valence-corrected chi connectivity index (χ1v) is 3.23. The maximum Gasteiger partial charge on any atom is 0.0573 e. The molecule has 0 spiro atoms. The molecule has 1 aliphatic rings. The van der Waals surface area contributed by atoms with Crippen LogP contribution < -0.4 is 0 Å². The van der Waals surface area contributed by atoms with Crippen LogP contribution in [0.2, 0.25) is 0 Å². The Balaban J connectivity index is 2.83. The van der Waals surface area contributed by atoms with E-state index in [1.165, 1.54) is 0 Å². The zero-order valence-electron chi connectivity index (χ0n) is 5.96. The number of rotatable bonds is 1. The summed E-state index contributed by atoms with van der Waals surface area (Å²) >= 11 is 0. The minimum absolute atomic E-state index is 0.565. The van der Waals surface area contributed by atoms with Gasteiger partial charge in [0.15, 0.2) is 0 Å². The molecule has 1 heterocycles. The molecule has 2 nitrogen and oxygen atoms in total. The van der Waals surface area contributed by atoms with Gasteiger partial charge in [0.2, 0.25) is 0 Å². The molecule has 0 saturated heterocycles. The summed E-state index contributed by atoms with van der Waals surface area (Å²) in [7, 11) is 0. The Hall–Kier alpha value is -1.18. The fraction of sp³-hybridized carbons (Fsp3) is 0.250. The van der Waals surface area contributed by atoms with E-state index in [-0.39, 0.29) is 0 Å². The van der Waals surface area contributed by atoms with Gasteiger partial charge in [-0.15, -0.1) is 0 Å². The Morgan fingerprint density at radius 2 is 2.50 bits per heavy atom. The van der Waals surface area contributed by atoms with Crippen molar-refractivity contribution in [3.63, 3.8) is 0 Å². The molecule has 0 amide bonds. The van der Waals surface area contributed by atoms with Crippen LogP contribution in [0.5, 0.6) is 0 Å². The molecule has 1 aliphatic heterocycles. The van der Waals surface area contributed by atoms with Crippen molar-refractivity contribution < 1.29 is 0 Å². The van der Waals surface area contributed by atoms with Crippen LogP contribution in [0.3, 0.4) is 0 Å². The van der Waals surface area contributed by atoms with Crippen LogP contribution in [0.25, 0.3) is 0 Å². The van der Waals surface area contributed by atoms with Crippen molar-refractivity contribution >= 4 is 11.9 Å². The number of aliphatic imine (C=N–C) groups is 1.